The maximum atomic E-state index is 13.3. The Labute approximate surface area is 164 Å². The lowest BCUT2D eigenvalue weighted by atomic mass is 10.1. The van der Waals surface area contributed by atoms with Gasteiger partial charge in [-0.05, 0) is 24.3 Å². The summed E-state index contributed by atoms with van der Waals surface area (Å²) in [5.41, 5.74) is 1.86. The number of nitrogens with zero attached hydrogens (tertiary/aromatic N) is 4. The predicted molar refractivity (Wildman–Crippen MR) is 100 cm³/mol. The van der Waals surface area contributed by atoms with Crippen molar-refractivity contribution in [2.24, 2.45) is 0 Å². The maximum absolute atomic E-state index is 13.3. The third kappa shape index (κ3) is 3.67. The fourth-order valence-corrected chi connectivity index (χ4v) is 3.32. The van der Waals surface area contributed by atoms with Crippen LogP contribution in [0.1, 0.15) is 33.7 Å². The van der Waals surface area contributed by atoms with Crippen LogP contribution in [0.15, 0.2) is 42.9 Å². The van der Waals surface area contributed by atoms with Gasteiger partial charge in [0.25, 0.3) is 11.8 Å². The highest BCUT2D eigenvalue weighted by Gasteiger charge is 2.35. The quantitative estimate of drug-likeness (QED) is 0.632. The second-order valence-corrected chi connectivity index (χ2v) is 6.86. The van der Waals surface area contributed by atoms with Crippen molar-refractivity contribution in [2.75, 3.05) is 20.2 Å². The molecule has 0 atom stereocenters. The summed E-state index contributed by atoms with van der Waals surface area (Å²) in [6.07, 6.45) is 4.12. The van der Waals surface area contributed by atoms with Crippen LogP contribution >= 0.6 is 0 Å². The van der Waals surface area contributed by atoms with E-state index >= 15 is 0 Å². The van der Waals surface area contributed by atoms with Gasteiger partial charge >= 0.3 is 5.97 Å². The van der Waals surface area contributed by atoms with Gasteiger partial charge in [-0.2, -0.15) is 0 Å². The molecule has 0 unspecified atom stereocenters. The number of hydrogen-bond donors (Lipinski definition) is 0. The van der Waals surface area contributed by atoms with Crippen molar-refractivity contribution >= 4 is 22.9 Å². The Balaban J connectivity index is 1.58. The number of amides is 1. The van der Waals surface area contributed by atoms with E-state index < -0.39 is 11.9 Å². The second kappa shape index (κ2) is 7.23. The van der Waals surface area contributed by atoms with Crippen molar-refractivity contribution in [3.8, 4) is 5.69 Å². The van der Waals surface area contributed by atoms with Gasteiger partial charge in [-0.1, -0.05) is 0 Å². The number of likely N-dealkylation sites (tertiary alicyclic amines) is 1. The van der Waals surface area contributed by atoms with E-state index in [1.807, 2.05) is 0 Å². The van der Waals surface area contributed by atoms with E-state index in [-0.39, 0.29) is 37.5 Å². The molecule has 0 spiro atoms. The molecule has 0 N–H and O–H groups in total. The number of piperidine rings is 1. The van der Waals surface area contributed by atoms with Gasteiger partial charge in [0.05, 0.1) is 24.6 Å². The summed E-state index contributed by atoms with van der Waals surface area (Å²) < 4.78 is 33.1. The summed E-state index contributed by atoms with van der Waals surface area (Å²) in [6.45, 7) is 0.0617. The van der Waals surface area contributed by atoms with Gasteiger partial charge in [-0.3, -0.25) is 9.36 Å². The number of methoxy groups -OCH3 is 1. The number of alkyl halides is 2. The molecule has 4 rings (SSSR count). The van der Waals surface area contributed by atoms with Gasteiger partial charge in [0, 0.05) is 43.7 Å². The molecule has 0 bridgehead atoms. The van der Waals surface area contributed by atoms with Crippen LogP contribution in [-0.4, -0.2) is 57.4 Å². The zero-order valence-corrected chi connectivity index (χ0v) is 15.6. The molecule has 0 saturated carbocycles. The lowest BCUT2D eigenvalue weighted by Gasteiger charge is -2.31. The Morgan fingerprint density at radius 3 is 2.52 bits per heavy atom. The van der Waals surface area contributed by atoms with Crippen LogP contribution in [0.4, 0.5) is 8.78 Å². The SMILES string of the molecule is COC(=O)c1ccc(-n2ccc3cc(C(=O)N4CCC(F)(F)CC4)cnc32)cn1. The minimum absolute atomic E-state index is 0.0308. The Kier molecular flexibility index (Phi) is 4.73. The summed E-state index contributed by atoms with van der Waals surface area (Å²) >= 11 is 0. The van der Waals surface area contributed by atoms with E-state index in [1.165, 1.54) is 24.4 Å². The van der Waals surface area contributed by atoms with E-state index in [9.17, 15) is 18.4 Å². The van der Waals surface area contributed by atoms with Crippen molar-refractivity contribution in [3.63, 3.8) is 0 Å². The monoisotopic (exact) mass is 400 g/mol. The third-order valence-corrected chi connectivity index (χ3v) is 4.98. The van der Waals surface area contributed by atoms with Gasteiger partial charge in [0.15, 0.2) is 0 Å². The van der Waals surface area contributed by atoms with Crippen molar-refractivity contribution < 1.29 is 23.1 Å². The first-order valence-electron chi connectivity index (χ1n) is 9.07. The average Bonchev–Trinajstić information content (AvgIpc) is 3.16. The van der Waals surface area contributed by atoms with Crippen molar-refractivity contribution in [1.29, 1.82) is 0 Å². The summed E-state index contributed by atoms with van der Waals surface area (Å²) in [5.74, 6) is -3.52. The van der Waals surface area contributed by atoms with Crippen LogP contribution in [0.25, 0.3) is 16.7 Å². The van der Waals surface area contributed by atoms with Gasteiger partial charge in [-0.25, -0.2) is 23.5 Å². The van der Waals surface area contributed by atoms with Crippen LogP contribution in [0, 0.1) is 0 Å². The molecular formula is C20H18F2N4O3. The highest BCUT2D eigenvalue weighted by molar-refractivity contribution is 5.97. The van der Waals surface area contributed by atoms with E-state index in [0.717, 1.165) is 5.39 Å². The minimum Gasteiger partial charge on any atom is -0.464 e. The maximum Gasteiger partial charge on any atom is 0.356 e. The molecule has 9 heteroatoms. The molecular weight excluding hydrogens is 382 g/mol. The van der Waals surface area contributed by atoms with Crippen LogP contribution in [0.3, 0.4) is 0 Å². The molecule has 3 aromatic rings. The Morgan fingerprint density at radius 1 is 1.10 bits per heavy atom. The molecule has 1 aliphatic heterocycles. The molecule has 150 valence electrons. The molecule has 3 aromatic heterocycles. The van der Waals surface area contributed by atoms with Crippen LogP contribution in [0.2, 0.25) is 0 Å². The predicted octanol–water partition coefficient (Wildman–Crippen LogP) is 3.08. The molecule has 0 aromatic carbocycles. The largest absolute Gasteiger partial charge is 0.464 e. The highest BCUT2D eigenvalue weighted by Crippen LogP contribution is 2.28. The normalized spacial score (nSPS) is 16.0. The van der Waals surface area contributed by atoms with E-state index in [4.69, 9.17) is 0 Å². The number of halogens is 2. The highest BCUT2D eigenvalue weighted by atomic mass is 19.3. The van der Waals surface area contributed by atoms with Crippen molar-refractivity contribution in [1.82, 2.24) is 19.4 Å². The van der Waals surface area contributed by atoms with E-state index in [1.54, 1.807) is 35.0 Å². The molecule has 0 aliphatic carbocycles. The Hall–Kier alpha value is -3.36. The Bertz CT molecular complexity index is 1070. The van der Waals surface area contributed by atoms with Gasteiger partial charge < -0.3 is 9.64 Å². The van der Waals surface area contributed by atoms with Crippen molar-refractivity contribution in [3.05, 3.63) is 54.1 Å². The summed E-state index contributed by atoms with van der Waals surface area (Å²) in [7, 11) is 1.29. The number of rotatable bonds is 3. The topological polar surface area (TPSA) is 77.3 Å². The Morgan fingerprint density at radius 2 is 1.86 bits per heavy atom. The summed E-state index contributed by atoms with van der Waals surface area (Å²) in [5, 5.41) is 0.732. The van der Waals surface area contributed by atoms with E-state index in [2.05, 4.69) is 14.7 Å². The lowest BCUT2D eigenvalue weighted by Crippen LogP contribution is -2.42. The average molecular weight is 400 g/mol. The molecule has 1 amide bonds. The number of fused-ring (bicyclic) bond motifs is 1. The van der Waals surface area contributed by atoms with Gasteiger partial charge in [-0.15, -0.1) is 0 Å². The summed E-state index contributed by atoms with van der Waals surface area (Å²) in [4.78, 5) is 34.1. The zero-order chi connectivity index (χ0) is 20.6. The first kappa shape index (κ1) is 19.0. The van der Waals surface area contributed by atoms with Crippen LogP contribution < -0.4 is 0 Å². The second-order valence-electron chi connectivity index (χ2n) is 6.86. The standard InChI is InChI=1S/C20H18F2N4O3/c1-29-19(28)16-3-2-15(12-23-16)26-7-4-13-10-14(11-24-17(13)26)18(27)25-8-5-20(21,22)6-9-25/h2-4,7,10-12H,5-6,8-9H2,1H3. The minimum atomic E-state index is -2.70. The number of ether oxygens (including phenoxy) is 1. The zero-order valence-electron chi connectivity index (χ0n) is 15.6. The summed E-state index contributed by atoms with van der Waals surface area (Å²) in [6, 6.07) is 6.77. The fraction of sp³-hybridized carbons (Fsp3) is 0.300. The first-order valence-corrected chi connectivity index (χ1v) is 9.07. The number of carbonyl (C=O) groups is 2. The number of esters is 1. The molecule has 4 heterocycles. The molecule has 1 aliphatic rings. The molecule has 7 nitrogen and oxygen atoms in total. The number of pyridine rings is 2. The number of hydrogen-bond acceptors (Lipinski definition) is 5. The van der Waals surface area contributed by atoms with Gasteiger partial charge in [0.2, 0.25) is 0 Å². The lowest BCUT2D eigenvalue weighted by molar-refractivity contribution is -0.0494. The van der Waals surface area contributed by atoms with Crippen molar-refractivity contribution in [2.45, 2.75) is 18.8 Å². The number of carbonyl (C=O) groups excluding carboxylic acids is 2. The first-order chi connectivity index (χ1) is 13.9. The van der Waals surface area contributed by atoms with Crippen LogP contribution in [-0.2, 0) is 4.74 Å². The molecule has 1 fully saturated rings. The molecule has 1 saturated heterocycles. The molecule has 0 radical (unpaired) electrons. The van der Waals surface area contributed by atoms with E-state index in [0.29, 0.717) is 16.9 Å². The number of aromatic nitrogens is 3. The van der Waals surface area contributed by atoms with Crippen LogP contribution in [0.5, 0.6) is 0 Å². The smallest absolute Gasteiger partial charge is 0.356 e. The third-order valence-electron chi connectivity index (χ3n) is 4.98. The molecule has 29 heavy (non-hydrogen) atoms. The van der Waals surface area contributed by atoms with Gasteiger partial charge in [0.1, 0.15) is 11.3 Å². The fourth-order valence-electron chi connectivity index (χ4n) is 3.32.